The second-order valence-electron chi connectivity index (χ2n) is 6.72. The van der Waals surface area contributed by atoms with Gasteiger partial charge in [0.25, 0.3) is 0 Å². The van der Waals surface area contributed by atoms with Crippen LogP contribution in [-0.4, -0.2) is 37.4 Å². The van der Waals surface area contributed by atoms with E-state index in [9.17, 15) is 9.59 Å². The average molecular weight is 385 g/mol. The molecule has 5 nitrogen and oxygen atoms in total. The van der Waals surface area contributed by atoms with Gasteiger partial charge in [0.2, 0.25) is 0 Å². The third-order valence-electron chi connectivity index (χ3n) is 4.26. The van der Waals surface area contributed by atoms with Gasteiger partial charge in [0.15, 0.2) is 0 Å². The summed E-state index contributed by atoms with van der Waals surface area (Å²) in [6.45, 7) is 10.7. The van der Waals surface area contributed by atoms with Crippen LogP contribution >= 0.6 is 0 Å². The van der Waals surface area contributed by atoms with Crippen LogP contribution in [-0.2, 0) is 19.1 Å². The summed E-state index contributed by atoms with van der Waals surface area (Å²) >= 11 is 0. The van der Waals surface area contributed by atoms with Crippen LogP contribution in [0.5, 0.6) is 0 Å². The van der Waals surface area contributed by atoms with Crippen molar-refractivity contribution in [1.82, 2.24) is 0 Å². The summed E-state index contributed by atoms with van der Waals surface area (Å²) in [4.78, 5) is 21.6. The van der Waals surface area contributed by atoms with Crippen molar-refractivity contribution >= 4 is 11.9 Å². The molecule has 0 aromatic rings. The summed E-state index contributed by atoms with van der Waals surface area (Å²) < 4.78 is 8.89. The van der Waals surface area contributed by atoms with E-state index in [-0.39, 0.29) is 11.5 Å². The van der Waals surface area contributed by atoms with Gasteiger partial charge in [-0.15, -0.1) is 0 Å². The average Bonchev–Trinajstić information content (AvgIpc) is 2.67. The fraction of sp³-hybridized carbons (Fsp3) is 0.727. The molecular weight excluding hydrogens is 344 g/mol. The molecule has 0 bridgehead atoms. The van der Waals surface area contributed by atoms with Crippen LogP contribution in [0, 0.1) is 0 Å². The fourth-order valence-corrected chi connectivity index (χ4v) is 2.37. The van der Waals surface area contributed by atoms with Crippen molar-refractivity contribution in [3.63, 3.8) is 0 Å². The molecule has 0 aliphatic rings. The molecule has 0 aliphatic heterocycles. The van der Waals surface area contributed by atoms with Gasteiger partial charge in [-0.25, -0.2) is 9.59 Å². The van der Waals surface area contributed by atoms with E-state index in [2.05, 4.69) is 29.6 Å². The first kappa shape index (κ1) is 27.6. The zero-order valence-electron chi connectivity index (χ0n) is 17.8. The number of hydrogen-bond acceptors (Lipinski definition) is 5. The topological polar surface area (TPSA) is 72.8 Å². The highest BCUT2D eigenvalue weighted by Crippen LogP contribution is 2.13. The van der Waals surface area contributed by atoms with Crippen molar-refractivity contribution in [2.45, 2.75) is 90.6 Å². The number of carbonyl (C=O) groups is 2. The van der Waals surface area contributed by atoms with E-state index in [0.717, 1.165) is 12.8 Å². The number of aliphatic hydroxyl groups is 1. The molecular formula is C22H40O5. The lowest BCUT2D eigenvalue weighted by Crippen LogP contribution is -2.14. The number of hydrogen-bond donors (Lipinski definition) is 1. The lowest BCUT2D eigenvalue weighted by Gasteiger charge is -2.04. The molecule has 1 unspecified atom stereocenters. The van der Waals surface area contributed by atoms with Gasteiger partial charge in [0, 0.05) is 5.57 Å². The first-order valence-electron chi connectivity index (χ1n) is 10.0. The molecule has 0 radical (unpaired) electrons. The molecule has 1 N–H and O–H groups in total. The van der Waals surface area contributed by atoms with Crippen molar-refractivity contribution in [3.05, 3.63) is 24.3 Å². The van der Waals surface area contributed by atoms with Crippen LogP contribution in [0.15, 0.2) is 24.3 Å². The number of rotatable bonds is 14. The molecule has 0 aliphatic carbocycles. The van der Waals surface area contributed by atoms with Crippen molar-refractivity contribution in [2.24, 2.45) is 0 Å². The first-order valence-corrected chi connectivity index (χ1v) is 10.0. The summed E-state index contributed by atoms with van der Waals surface area (Å²) in [6, 6.07) is 0. The van der Waals surface area contributed by atoms with E-state index in [1.54, 1.807) is 0 Å². The maximum absolute atomic E-state index is 11.1. The van der Waals surface area contributed by atoms with Crippen molar-refractivity contribution in [1.29, 1.82) is 0 Å². The van der Waals surface area contributed by atoms with Gasteiger partial charge in [0.05, 0.1) is 25.9 Å². The van der Waals surface area contributed by atoms with Crippen LogP contribution in [0.2, 0.25) is 0 Å². The summed E-state index contributed by atoms with van der Waals surface area (Å²) in [5.74, 6) is -0.823. The second-order valence-corrected chi connectivity index (χ2v) is 6.72. The fourth-order valence-electron chi connectivity index (χ4n) is 2.37. The minimum Gasteiger partial charge on any atom is -0.466 e. The third kappa shape index (κ3) is 17.5. The quantitative estimate of drug-likeness (QED) is 0.255. The zero-order valence-corrected chi connectivity index (χ0v) is 17.8. The Labute approximate surface area is 165 Å². The molecule has 0 spiro atoms. The predicted molar refractivity (Wildman–Crippen MR) is 110 cm³/mol. The molecule has 0 saturated heterocycles. The summed E-state index contributed by atoms with van der Waals surface area (Å²) in [7, 11) is 2.65. The monoisotopic (exact) mass is 384 g/mol. The summed E-state index contributed by atoms with van der Waals surface area (Å²) in [5.41, 5.74) is 0.689. The SMILES string of the molecule is C=C(C(=O)OC)C(C)O.C=C(CCCCCCCCCCCC)C(=O)OC. The summed E-state index contributed by atoms with van der Waals surface area (Å²) in [6.07, 6.45) is 13.1. The van der Waals surface area contributed by atoms with Crippen LogP contribution < -0.4 is 0 Å². The van der Waals surface area contributed by atoms with Crippen LogP contribution in [0.1, 0.15) is 84.5 Å². The highest BCUT2D eigenvalue weighted by molar-refractivity contribution is 5.88. The largest absolute Gasteiger partial charge is 0.466 e. The van der Waals surface area contributed by atoms with Crippen molar-refractivity contribution < 1.29 is 24.2 Å². The van der Waals surface area contributed by atoms with Crippen LogP contribution in [0.25, 0.3) is 0 Å². The molecule has 158 valence electrons. The molecule has 0 heterocycles. The maximum Gasteiger partial charge on any atom is 0.335 e. The maximum atomic E-state index is 11.1. The Kier molecular flexibility index (Phi) is 19.6. The number of ether oxygens (including phenoxy) is 2. The number of carbonyl (C=O) groups excluding carboxylic acids is 2. The Bertz CT molecular complexity index is 426. The standard InChI is InChI=1S/C16H30O2.C6H10O3/c1-4-5-6-7-8-9-10-11-12-13-14-15(2)16(17)18-3;1-4(5(2)7)6(8)9-3/h2,4-14H2,1,3H3;5,7H,1H2,2-3H3. The van der Waals surface area contributed by atoms with Crippen LogP contribution in [0.3, 0.4) is 0 Å². The molecule has 0 rings (SSSR count). The summed E-state index contributed by atoms with van der Waals surface area (Å²) in [5, 5.41) is 8.72. The van der Waals surface area contributed by atoms with Gasteiger partial charge in [-0.2, -0.15) is 0 Å². The Balaban J connectivity index is 0. The Morgan fingerprint density at radius 2 is 1.22 bits per heavy atom. The van der Waals surface area contributed by atoms with E-state index < -0.39 is 12.1 Å². The normalized spacial score (nSPS) is 11.0. The molecule has 5 heteroatoms. The van der Waals surface area contributed by atoms with E-state index in [1.165, 1.54) is 78.9 Å². The van der Waals surface area contributed by atoms with Gasteiger partial charge in [-0.1, -0.05) is 77.9 Å². The van der Waals surface area contributed by atoms with Crippen molar-refractivity contribution in [2.75, 3.05) is 14.2 Å². The first-order chi connectivity index (χ1) is 12.8. The molecule has 0 amide bonds. The molecule has 0 saturated carbocycles. The lowest BCUT2D eigenvalue weighted by molar-refractivity contribution is -0.137. The lowest BCUT2D eigenvalue weighted by atomic mass is 10.0. The van der Waals surface area contributed by atoms with Gasteiger partial charge in [-0.3, -0.25) is 0 Å². The minimum atomic E-state index is -0.822. The van der Waals surface area contributed by atoms with Gasteiger partial charge >= 0.3 is 11.9 Å². The van der Waals surface area contributed by atoms with E-state index >= 15 is 0 Å². The smallest absolute Gasteiger partial charge is 0.335 e. The molecule has 0 aromatic carbocycles. The highest BCUT2D eigenvalue weighted by atomic mass is 16.5. The number of esters is 2. The van der Waals surface area contributed by atoms with Crippen LogP contribution in [0.4, 0.5) is 0 Å². The Morgan fingerprint density at radius 1 is 0.815 bits per heavy atom. The van der Waals surface area contributed by atoms with Crippen molar-refractivity contribution in [3.8, 4) is 0 Å². The molecule has 1 atom stereocenters. The van der Waals surface area contributed by atoms with Gasteiger partial charge in [-0.05, 0) is 19.8 Å². The number of methoxy groups -OCH3 is 2. The third-order valence-corrected chi connectivity index (χ3v) is 4.26. The highest BCUT2D eigenvalue weighted by Gasteiger charge is 2.10. The second kappa shape index (κ2) is 19.2. The zero-order chi connectivity index (χ0) is 21.1. The predicted octanol–water partition coefficient (Wildman–Crippen LogP) is 5.12. The number of unbranched alkanes of at least 4 members (excludes halogenated alkanes) is 9. The van der Waals surface area contributed by atoms with E-state index in [0.29, 0.717) is 5.57 Å². The number of aliphatic hydroxyl groups excluding tert-OH is 1. The van der Waals surface area contributed by atoms with E-state index in [1.807, 2.05) is 0 Å². The molecule has 0 fully saturated rings. The Morgan fingerprint density at radius 3 is 1.56 bits per heavy atom. The van der Waals surface area contributed by atoms with E-state index in [4.69, 9.17) is 5.11 Å². The molecule has 0 aromatic heterocycles. The van der Waals surface area contributed by atoms with Gasteiger partial charge in [0.1, 0.15) is 0 Å². The van der Waals surface area contributed by atoms with Gasteiger partial charge < -0.3 is 14.6 Å². The minimum absolute atomic E-state index is 0.0810. The Hall–Kier alpha value is -1.62. The molecule has 27 heavy (non-hydrogen) atoms.